The summed E-state index contributed by atoms with van der Waals surface area (Å²) in [7, 11) is 1.68. The van der Waals surface area contributed by atoms with Crippen LogP contribution in [0.4, 0.5) is 13.2 Å². The summed E-state index contributed by atoms with van der Waals surface area (Å²) in [6.45, 7) is 4.09. The van der Waals surface area contributed by atoms with E-state index in [0.717, 1.165) is 63.2 Å². The van der Waals surface area contributed by atoms with Gasteiger partial charge in [-0.3, -0.25) is 4.79 Å². The van der Waals surface area contributed by atoms with Crippen LogP contribution in [0.15, 0.2) is 42.5 Å². The molecule has 0 aromatic heterocycles. The van der Waals surface area contributed by atoms with Gasteiger partial charge in [0.15, 0.2) is 17.5 Å². The number of nitrogens with zero attached hydrogens (tertiary/aromatic N) is 2. The van der Waals surface area contributed by atoms with Gasteiger partial charge in [0.25, 0.3) is 0 Å². The van der Waals surface area contributed by atoms with Gasteiger partial charge in [0.1, 0.15) is 5.75 Å². The lowest BCUT2D eigenvalue weighted by atomic mass is 9.87. The van der Waals surface area contributed by atoms with Crippen LogP contribution in [0.3, 0.4) is 0 Å². The van der Waals surface area contributed by atoms with Gasteiger partial charge < -0.3 is 20.3 Å². The highest BCUT2D eigenvalue weighted by Crippen LogP contribution is 2.30. The van der Waals surface area contributed by atoms with Gasteiger partial charge in [0.05, 0.1) is 7.11 Å². The van der Waals surface area contributed by atoms with Gasteiger partial charge in [0, 0.05) is 31.8 Å². The van der Waals surface area contributed by atoms with E-state index in [2.05, 4.69) is 17.0 Å². The van der Waals surface area contributed by atoms with Crippen molar-refractivity contribution in [3.05, 3.63) is 71.1 Å². The molecule has 0 spiro atoms. The first-order valence-corrected chi connectivity index (χ1v) is 12.6. The number of carbonyl (C=O) groups excluding carboxylic acids is 1. The minimum atomic E-state index is -1.52. The summed E-state index contributed by atoms with van der Waals surface area (Å²) in [4.78, 5) is 16.7. The minimum Gasteiger partial charge on any atom is -0.497 e. The highest BCUT2D eigenvalue weighted by molar-refractivity contribution is 5.91. The Morgan fingerprint density at radius 2 is 1.64 bits per heavy atom. The molecule has 2 aromatic rings. The van der Waals surface area contributed by atoms with Crippen LogP contribution in [0.2, 0.25) is 0 Å². The van der Waals surface area contributed by atoms with Crippen LogP contribution in [0, 0.1) is 23.4 Å². The molecule has 36 heavy (non-hydrogen) atoms. The molecule has 194 valence electrons. The number of likely N-dealkylation sites (tertiary alicyclic amines) is 2. The summed E-state index contributed by atoms with van der Waals surface area (Å²) in [6, 6.07) is 10.2. The van der Waals surface area contributed by atoms with E-state index in [1.165, 1.54) is 17.7 Å². The molecule has 0 aliphatic carbocycles. The first-order chi connectivity index (χ1) is 17.3. The third-order valence-corrected chi connectivity index (χ3v) is 7.53. The van der Waals surface area contributed by atoms with Crippen molar-refractivity contribution in [3.63, 3.8) is 0 Å². The van der Waals surface area contributed by atoms with Crippen LogP contribution in [0.5, 0.6) is 5.75 Å². The number of halogens is 3. The van der Waals surface area contributed by atoms with Gasteiger partial charge in [-0.25, -0.2) is 13.2 Å². The van der Waals surface area contributed by atoms with E-state index in [9.17, 15) is 18.0 Å². The number of hydrogen-bond acceptors (Lipinski definition) is 4. The first kappa shape index (κ1) is 26.2. The number of carbonyl (C=O) groups is 1. The molecule has 4 rings (SSSR count). The second-order valence-electron chi connectivity index (χ2n) is 9.81. The molecule has 2 aromatic carbocycles. The molecule has 2 N–H and O–H groups in total. The maximum absolute atomic E-state index is 13.4. The van der Waals surface area contributed by atoms with Gasteiger partial charge in [0.2, 0.25) is 5.91 Å². The summed E-state index contributed by atoms with van der Waals surface area (Å²) in [5, 5.41) is 0. The van der Waals surface area contributed by atoms with Crippen molar-refractivity contribution in [3.8, 4) is 5.75 Å². The number of hydrogen-bond donors (Lipinski definition) is 1. The van der Waals surface area contributed by atoms with Crippen molar-refractivity contribution in [1.82, 2.24) is 9.80 Å². The third-order valence-electron chi connectivity index (χ3n) is 7.53. The van der Waals surface area contributed by atoms with Gasteiger partial charge in [-0.05, 0) is 92.1 Å². The topological polar surface area (TPSA) is 58.8 Å². The fraction of sp³-hybridized carbons (Fsp3) is 0.464. The quantitative estimate of drug-likeness (QED) is 0.446. The Balaban J connectivity index is 1.20. The summed E-state index contributed by atoms with van der Waals surface area (Å²) < 4.78 is 45.1. The first-order valence-electron chi connectivity index (χ1n) is 12.6. The fourth-order valence-electron chi connectivity index (χ4n) is 5.26. The molecule has 0 radical (unpaired) electrons. The number of nitrogens with two attached hydrogens (primary N) is 1. The molecule has 1 unspecified atom stereocenters. The largest absolute Gasteiger partial charge is 0.497 e. The van der Waals surface area contributed by atoms with Crippen LogP contribution in [-0.4, -0.2) is 61.6 Å². The van der Waals surface area contributed by atoms with Crippen molar-refractivity contribution in [1.29, 1.82) is 0 Å². The van der Waals surface area contributed by atoms with Gasteiger partial charge in [-0.2, -0.15) is 0 Å². The molecular formula is C28H34F3N3O2. The Kier molecular flexibility index (Phi) is 8.69. The number of benzene rings is 2. The van der Waals surface area contributed by atoms with Crippen molar-refractivity contribution < 1.29 is 22.7 Å². The van der Waals surface area contributed by atoms with E-state index >= 15 is 0 Å². The SMILES string of the molecule is COc1ccc(C2CCN(CC(N)C3CCN(C(=O)/C=C/c4cc(F)c(F)c(F)c4)CC3)CC2)cc1. The van der Waals surface area contributed by atoms with Gasteiger partial charge in [-0.15, -0.1) is 0 Å². The molecule has 0 saturated carbocycles. The Labute approximate surface area is 210 Å². The summed E-state index contributed by atoms with van der Waals surface area (Å²) in [5.74, 6) is -2.51. The van der Waals surface area contributed by atoms with E-state index in [4.69, 9.17) is 10.5 Å². The molecule has 0 bridgehead atoms. The summed E-state index contributed by atoms with van der Waals surface area (Å²) in [6.07, 6.45) is 6.45. The molecule has 2 heterocycles. The van der Waals surface area contributed by atoms with E-state index in [-0.39, 0.29) is 17.5 Å². The smallest absolute Gasteiger partial charge is 0.246 e. The van der Waals surface area contributed by atoms with Crippen molar-refractivity contribution in [2.45, 2.75) is 37.6 Å². The van der Waals surface area contributed by atoms with E-state index in [1.807, 2.05) is 12.1 Å². The molecule has 2 aliphatic rings. The van der Waals surface area contributed by atoms with E-state index < -0.39 is 17.5 Å². The average molecular weight is 502 g/mol. The monoisotopic (exact) mass is 501 g/mol. The standard InChI is InChI=1S/C28H34F3N3O2/c1-36-23-5-3-20(4-6-23)21-8-12-33(13-9-21)18-26(32)22-10-14-34(15-11-22)27(35)7-2-19-16-24(29)28(31)25(30)17-19/h2-7,16-17,21-22,26H,8-15,18,32H2,1H3/b7-2+. The van der Waals surface area contributed by atoms with Gasteiger partial charge in [-0.1, -0.05) is 12.1 Å². The average Bonchev–Trinajstić information content (AvgIpc) is 2.91. The second kappa shape index (κ2) is 11.9. The lowest BCUT2D eigenvalue weighted by Gasteiger charge is -2.38. The van der Waals surface area contributed by atoms with Crippen molar-refractivity contribution >= 4 is 12.0 Å². The normalized spacial score (nSPS) is 19.1. The van der Waals surface area contributed by atoms with Crippen LogP contribution < -0.4 is 10.5 Å². The summed E-state index contributed by atoms with van der Waals surface area (Å²) >= 11 is 0. The number of ether oxygens (including phenoxy) is 1. The van der Waals surface area contributed by atoms with E-state index in [0.29, 0.717) is 24.9 Å². The number of amides is 1. The fourth-order valence-corrected chi connectivity index (χ4v) is 5.26. The Hall–Kier alpha value is -2.84. The van der Waals surface area contributed by atoms with Crippen LogP contribution in [0.25, 0.3) is 6.08 Å². The van der Waals surface area contributed by atoms with Crippen molar-refractivity contribution in [2.24, 2.45) is 11.7 Å². The molecule has 8 heteroatoms. The Morgan fingerprint density at radius 1 is 1.03 bits per heavy atom. The maximum atomic E-state index is 13.4. The molecule has 2 aliphatic heterocycles. The lowest BCUT2D eigenvalue weighted by Crippen LogP contribution is -2.48. The number of piperidine rings is 2. The zero-order valence-corrected chi connectivity index (χ0v) is 20.6. The zero-order chi connectivity index (χ0) is 25.7. The van der Waals surface area contributed by atoms with Crippen molar-refractivity contribution in [2.75, 3.05) is 39.8 Å². The van der Waals surface area contributed by atoms with E-state index in [1.54, 1.807) is 12.0 Å². The Bertz CT molecular complexity index is 1040. The molecule has 2 fully saturated rings. The molecule has 5 nitrogen and oxygen atoms in total. The number of methoxy groups -OCH3 is 1. The summed E-state index contributed by atoms with van der Waals surface area (Å²) in [5.41, 5.74) is 8.04. The molecule has 1 atom stereocenters. The number of rotatable bonds is 7. The zero-order valence-electron chi connectivity index (χ0n) is 20.6. The van der Waals surface area contributed by atoms with Crippen LogP contribution in [0.1, 0.15) is 42.7 Å². The minimum absolute atomic E-state index is 0.0560. The maximum Gasteiger partial charge on any atom is 0.246 e. The lowest BCUT2D eigenvalue weighted by molar-refractivity contribution is -0.127. The predicted octanol–water partition coefficient (Wildman–Crippen LogP) is 4.57. The van der Waals surface area contributed by atoms with Crippen LogP contribution >= 0.6 is 0 Å². The molecular weight excluding hydrogens is 467 g/mol. The third kappa shape index (κ3) is 6.48. The molecule has 2 saturated heterocycles. The van der Waals surface area contributed by atoms with Gasteiger partial charge >= 0.3 is 0 Å². The molecule has 1 amide bonds. The second-order valence-corrected chi connectivity index (χ2v) is 9.81. The predicted molar refractivity (Wildman–Crippen MR) is 134 cm³/mol. The Morgan fingerprint density at radius 3 is 2.22 bits per heavy atom. The van der Waals surface area contributed by atoms with Crippen LogP contribution in [-0.2, 0) is 4.79 Å². The highest BCUT2D eigenvalue weighted by atomic mass is 19.2. The highest BCUT2D eigenvalue weighted by Gasteiger charge is 2.28.